The Hall–Kier alpha value is -0.860. The van der Waals surface area contributed by atoms with Gasteiger partial charge in [0.15, 0.2) is 0 Å². The summed E-state index contributed by atoms with van der Waals surface area (Å²) in [5.74, 6) is 0. The number of hydrogen-bond donors (Lipinski definition) is 1. The third-order valence-corrected chi connectivity index (χ3v) is 4.22. The Morgan fingerprint density at radius 3 is 2.67 bits per heavy atom. The molecule has 1 heterocycles. The van der Waals surface area contributed by atoms with Gasteiger partial charge in [0.05, 0.1) is 6.10 Å². The Balaban J connectivity index is 2.20. The van der Waals surface area contributed by atoms with Crippen molar-refractivity contribution in [3.8, 4) is 0 Å². The molecule has 1 saturated heterocycles. The van der Waals surface area contributed by atoms with Crippen molar-refractivity contribution in [3.05, 3.63) is 35.9 Å². The molecule has 1 aromatic carbocycles. The molecule has 0 radical (unpaired) electrons. The van der Waals surface area contributed by atoms with E-state index in [1.165, 1.54) is 18.4 Å². The monoisotopic (exact) mass is 247 g/mol. The van der Waals surface area contributed by atoms with Gasteiger partial charge in [-0.3, -0.25) is 0 Å². The normalized spacial score (nSPS) is 22.9. The van der Waals surface area contributed by atoms with Gasteiger partial charge in [0.25, 0.3) is 0 Å². The highest BCUT2D eigenvalue weighted by molar-refractivity contribution is 5.26. The van der Waals surface area contributed by atoms with Crippen molar-refractivity contribution >= 4 is 0 Å². The average molecular weight is 247 g/mol. The molecule has 1 aliphatic rings. The van der Waals surface area contributed by atoms with Crippen LogP contribution in [-0.4, -0.2) is 26.3 Å². The molecular weight excluding hydrogens is 222 g/mol. The standard InChI is InChI=1S/C16H25NO/c1-3-16(13-17-2,12-15-10-7-11-18-15)14-8-5-4-6-9-14/h4-6,8-9,15,17H,3,7,10-13H2,1-2H3. The minimum absolute atomic E-state index is 0.213. The highest BCUT2D eigenvalue weighted by atomic mass is 16.5. The molecule has 1 N–H and O–H groups in total. The molecule has 0 aliphatic carbocycles. The first-order valence-corrected chi connectivity index (χ1v) is 7.12. The first-order valence-electron chi connectivity index (χ1n) is 7.12. The Kier molecular flexibility index (Phi) is 4.79. The molecule has 0 aromatic heterocycles. The van der Waals surface area contributed by atoms with E-state index in [9.17, 15) is 0 Å². The fourth-order valence-electron chi connectivity index (χ4n) is 3.14. The first-order chi connectivity index (χ1) is 8.80. The van der Waals surface area contributed by atoms with E-state index < -0.39 is 0 Å². The van der Waals surface area contributed by atoms with E-state index >= 15 is 0 Å². The minimum atomic E-state index is 0.213. The van der Waals surface area contributed by atoms with E-state index in [4.69, 9.17) is 4.74 Å². The van der Waals surface area contributed by atoms with E-state index in [1.807, 2.05) is 7.05 Å². The van der Waals surface area contributed by atoms with Gasteiger partial charge < -0.3 is 10.1 Å². The van der Waals surface area contributed by atoms with E-state index in [0.717, 1.165) is 26.0 Å². The lowest BCUT2D eigenvalue weighted by Crippen LogP contribution is -2.39. The molecule has 100 valence electrons. The molecule has 0 spiro atoms. The molecule has 1 aromatic rings. The summed E-state index contributed by atoms with van der Waals surface area (Å²) in [4.78, 5) is 0. The van der Waals surface area contributed by atoms with E-state index in [0.29, 0.717) is 6.10 Å². The zero-order valence-corrected chi connectivity index (χ0v) is 11.6. The summed E-state index contributed by atoms with van der Waals surface area (Å²) in [6.45, 7) is 4.26. The largest absolute Gasteiger partial charge is 0.378 e. The Morgan fingerprint density at radius 2 is 2.11 bits per heavy atom. The number of ether oxygens (including phenoxy) is 1. The lowest BCUT2D eigenvalue weighted by Gasteiger charge is -2.35. The van der Waals surface area contributed by atoms with Crippen molar-refractivity contribution in [2.45, 2.75) is 44.1 Å². The molecule has 2 nitrogen and oxygen atoms in total. The van der Waals surface area contributed by atoms with Crippen LogP contribution in [0.3, 0.4) is 0 Å². The molecule has 1 fully saturated rings. The summed E-state index contributed by atoms with van der Waals surface area (Å²) in [7, 11) is 2.04. The zero-order chi connectivity index (χ0) is 12.8. The highest BCUT2D eigenvalue weighted by Crippen LogP contribution is 2.35. The van der Waals surface area contributed by atoms with Crippen LogP contribution in [0.25, 0.3) is 0 Å². The van der Waals surface area contributed by atoms with Crippen molar-refractivity contribution in [1.29, 1.82) is 0 Å². The lowest BCUT2D eigenvalue weighted by molar-refractivity contribution is 0.0804. The number of likely N-dealkylation sites (N-methyl/N-ethyl adjacent to an activating group) is 1. The molecule has 1 aliphatic heterocycles. The fraction of sp³-hybridized carbons (Fsp3) is 0.625. The highest BCUT2D eigenvalue weighted by Gasteiger charge is 2.34. The maximum atomic E-state index is 5.85. The third kappa shape index (κ3) is 2.93. The average Bonchev–Trinajstić information content (AvgIpc) is 2.92. The van der Waals surface area contributed by atoms with Crippen molar-refractivity contribution in [2.75, 3.05) is 20.2 Å². The van der Waals surface area contributed by atoms with Crippen molar-refractivity contribution < 1.29 is 4.74 Å². The van der Waals surface area contributed by atoms with Crippen LogP contribution in [0.4, 0.5) is 0 Å². The van der Waals surface area contributed by atoms with Gasteiger partial charge in [0, 0.05) is 18.6 Å². The van der Waals surface area contributed by atoms with Crippen molar-refractivity contribution in [3.63, 3.8) is 0 Å². The van der Waals surface area contributed by atoms with Crippen LogP contribution in [0.5, 0.6) is 0 Å². The van der Waals surface area contributed by atoms with E-state index in [2.05, 4.69) is 42.6 Å². The Morgan fingerprint density at radius 1 is 1.33 bits per heavy atom. The van der Waals surface area contributed by atoms with E-state index in [1.54, 1.807) is 0 Å². The van der Waals surface area contributed by atoms with Crippen LogP contribution < -0.4 is 5.32 Å². The van der Waals surface area contributed by atoms with Crippen LogP contribution >= 0.6 is 0 Å². The number of rotatable bonds is 6. The van der Waals surface area contributed by atoms with Crippen molar-refractivity contribution in [2.24, 2.45) is 0 Å². The zero-order valence-electron chi connectivity index (χ0n) is 11.6. The second-order valence-corrected chi connectivity index (χ2v) is 5.37. The van der Waals surface area contributed by atoms with Gasteiger partial charge in [-0.05, 0) is 38.3 Å². The van der Waals surface area contributed by atoms with Crippen LogP contribution in [0.1, 0.15) is 38.2 Å². The molecule has 0 amide bonds. The van der Waals surface area contributed by atoms with Crippen LogP contribution in [0.2, 0.25) is 0 Å². The van der Waals surface area contributed by atoms with Crippen molar-refractivity contribution in [1.82, 2.24) is 5.32 Å². The van der Waals surface area contributed by atoms with Gasteiger partial charge >= 0.3 is 0 Å². The van der Waals surface area contributed by atoms with Gasteiger partial charge in [-0.25, -0.2) is 0 Å². The maximum Gasteiger partial charge on any atom is 0.0585 e. The van der Waals surface area contributed by atoms with Gasteiger partial charge in [-0.15, -0.1) is 0 Å². The van der Waals surface area contributed by atoms with Gasteiger partial charge in [0.1, 0.15) is 0 Å². The minimum Gasteiger partial charge on any atom is -0.378 e. The number of benzene rings is 1. The summed E-state index contributed by atoms with van der Waals surface area (Å²) >= 11 is 0. The number of nitrogens with one attached hydrogen (secondary N) is 1. The predicted molar refractivity (Wildman–Crippen MR) is 75.9 cm³/mol. The predicted octanol–water partition coefficient (Wildman–Crippen LogP) is 3.12. The molecule has 0 bridgehead atoms. The third-order valence-electron chi connectivity index (χ3n) is 4.22. The number of hydrogen-bond acceptors (Lipinski definition) is 2. The van der Waals surface area contributed by atoms with Crippen LogP contribution in [-0.2, 0) is 10.2 Å². The lowest BCUT2D eigenvalue weighted by atomic mass is 9.73. The SMILES string of the molecule is CCC(CNC)(CC1CCCO1)c1ccccc1. The van der Waals surface area contributed by atoms with Gasteiger partial charge in [-0.1, -0.05) is 37.3 Å². The molecule has 18 heavy (non-hydrogen) atoms. The molecular formula is C16H25NO. The Bertz CT molecular complexity index is 345. The first kappa shape index (κ1) is 13.6. The topological polar surface area (TPSA) is 21.3 Å². The second kappa shape index (κ2) is 6.35. The second-order valence-electron chi connectivity index (χ2n) is 5.37. The summed E-state index contributed by atoms with van der Waals surface area (Å²) in [5.41, 5.74) is 1.66. The summed E-state index contributed by atoms with van der Waals surface area (Å²) in [6.07, 6.45) is 5.17. The summed E-state index contributed by atoms with van der Waals surface area (Å²) < 4.78 is 5.85. The molecule has 0 saturated carbocycles. The molecule has 2 heteroatoms. The quantitative estimate of drug-likeness (QED) is 0.834. The maximum absolute atomic E-state index is 5.85. The van der Waals surface area contributed by atoms with Gasteiger partial charge in [-0.2, -0.15) is 0 Å². The van der Waals surface area contributed by atoms with Crippen LogP contribution in [0, 0.1) is 0 Å². The summed E-state index contributed by atoms with van der Waals surface area (Å²) in [5, 5.41) is 3.38. The van der Waals surface area contributed by atoms with Gasteiger partial charge in [0.2, 0.25) is 0 Å². The molecule has 2 atom stereocenters. The fourth-order valence-corrected chi connectivity index (χ4v) is 3.14. The molecule has 2 unspecified atom stereocenters. The van der Waals surface area contributed by atoms with E-state index in [-0.39, 0.29) is 5.41 Å². The van der Waals surface area contributed by atoms with Crippen LogP contribution in [0.15, 0.2) is 30.3 Å². The smallest absolute Gasteiger partial charge is 0.0585 e. The Labute approximate surface area is 111 Å². The summed E-state index contributed by atoms with van der Waals surface area (Å²) in [6, 6.07) is 10.9. The molecule has 2 rings (SSSR count).